The van der Waals surface area contributed by atoms with E-state index in [2.05, 4.69) is 123 Å². The van der Waals surface area contributed by atoms with E-state index in [1.54, 1.807) is 24.3 Å². The molecule has 3 heteroatoms. The molecule has 0 N–H and O–H groups in total. The van der Waals surface area contributed by atoms with Crippen molar-refractivity contribution in [1.82, 2.24) is 0 Å². The lowest BCUT2D eigenvalue weighted by Gasteiger charge is -2.35. The van der Waals surface area contributed by atoms with Crippen LogP contribution in [0, 0.1) is 10.8 Å². The maximum atomic E-state index is 14.0. The van der Waals surface area contributed by atoms with Crippen LogP contribution >= 0.6 is 0 Å². The van der Waals surface area contributed by atoms with Crippen LogP contribution in [0.5, 0.6) is 0 Å². The first-order valence-electron chi connectivity index (χ1n) is 18.2. The van der Waals surface area contributed by atoms with Crippen LogP contribution in [0.4, 0.5) is 0 Å². The molecule has 0 atom stereocenters. The predicted molar refractivity (Wildman–Crippen MR) is 214 cm³/mol. The molecule has 2 aliphatic rings. The Balaban J connectivity index is 1.64. The molecule has 0 radical (unpaired) electrons. The largest absolute Gasteiger partial charge is 0.219 e. The van der Waals surface area contributed by atoms with Crippen LogP contribution in [0.3, 0.4) is 0 Å². The van der Waals surface area contributed by atoms with Gasteiger partial charge in [0.1, 0.15) is 0 Å². The van der Waals surface area contributed by atoms with Gasteiger partial charge in [0, 0.05) is 0 Å². The van der Waals surface area contributed by atoms with Crippen molar-refractivity contribution in [3.8, 4) is 0 Å². The van der Waals surface area contributed by atoms with E-state index in [-0.39, 0.29) is 10.8 Å². The van der Waals surface area contributed by atoms with Crippen LogP contribution in [-0.4, -0.2) is 8.42 Å². The second-order valence-corrected chi connectivity index (χ2v) is 17.5. The van der Waals surface area contributed by atoms with Crippen molar-refractivity contribution >= 4 is 9.84 Å². The van der Waals surface area contributed by atoms with Crippen molar-refractivity contribution in [1.29, 1.82) is 0 Å². The van der Waals surface area contributed by atoms with E-state index in [1.807, 2.05) is 19.1 Å². The summed E-state index contributed by atoms with van der Waals surface area (Å²) >= 11 is 0. The smallest absolute Gasteiger partial charge is 0.206 e. The molecule has 0 amide bonds. The second kappa shape index (κ2) is 18.0. The number of hydrogen-bond donors (Lipinski definition) is 0. The van der Waals surface area contributed by atoms with Gasteiger partial charge in [-0.15, -0.1) is 0 Å². The molecule has 0 bridgehead atoms. The molecule has 49 heavy (non-hydrogen) atoms. The predicted octanol–water partition coefficient (Wildman–Crippen LogP) is 13.6. The van der Waals surface area contributed by atoms with Gasteiger partial charge in [0.25, 0.3) is 0 Å². The SMILES string of the molecule is CC1=C(/C=C/C(C)=C/C=C/C(C)=C/C=C/C=C(\C)CC/C=C(C)/C=C(/C2=C(C)CCCC2(C)C)S(=O)(=O)c2ccccc2)C(C)(C)CCC1. The molecule has 0 spiro atoms. The highest BCUT2D eigenvalue weighted by atomic mass is 32.2. The molecule has 1 aromatic rings. The standard InChI is InChI=1S/C46H62O2S/c1-35(22-16-24-37(3)30-31-42-39(5)26-18-32-45(42,7)8)20-14-15-21-36(2)23-17-25-38(4)34-43(44-40(6)27-19-33-46(44,9)10)49(47,48)41-28-12-11-13-29-41/h11-16,20-22,24-25,28-31,34H,17-19,23,26-27,32-33H2,1-10H3/b15-14+,22-16+,31-30+,35-20+,36-21+,37-24+,38-25+,43-34-. The van der Waals surface area contributed by atoms with Gasteiger partial charge in [0.15, 0.2) is 0 Å². The average Bonchev–Trinajstić information content (AvgIpc) is 3.02. The minimum atomic E-state index is -3.66. The maximum Gasteiger partial charge on any atom is 0.206 e. The van der Waals surface area contributed by atoms with Gasteiger partial charge in [0.05, 0.1) is 9.80 Å². The van der Waals surface area contributed by atoms with E-state index < -0.39 is 9.84 Å². The molecule has 1 aromatic carbocycles. The fourth-order valence-corrected chi connectivity index (χ4v) is 9.00. The summed E-state index contributed by atoms with van der Waals surface area (Å²) in [6.07, 6.45) is 32.1. The van der Waals surface area contributed by atoms with E-state index in [4.69, 9.17) is 0 Å². The van der Waals surface area contributed by atoms with Crippen molar-refractivity contribution in [2.24, 2.45) is 10.8 Å². The van der Waals surface area contributed by atoms with Crippen molar-refractivity contribution < 1.29 is 8.42 Å². The third kappa shape index (κ3) is 11.8. The Hall–Kier alpha value is -3.43. The monoisotopic (exact) mass is 678 g/mol. The van der Waals surface area contributed by atoms with Crippen LogP contribution < -0.4 is 0 Å². The van der Waals surface area contributed by atoms with Crippen LogP contribution in [0.25, 0.3) is 0 Å². The zero-order valence-electron chi connectivity index (χ0n) is 32.1. The van der Waals surface area contributed by atoms with Gasteiger partial charge in [-0.05, 0) is 133 Å². The number of allylic oxidation sites excluding steroid dienone is 19. The topological polar surface area (TPSA) is 34.1 Å². The lowest BCUT2D eigenvalue weighted by atomic mass is 9.72. The maximum absolute atomic E-state index is 14.0. The Morgan fingerprint density at radius 1 is 0.735 bits per heavy atom. The summed E-state index contributed by atoms with van der Waals surface area (Å²) in [7, 11) is -3.66. The number of rotatable bonds is 13. The molecule has 0 unspecified atom stereocenters. The van der Waals surface area contributed by atoms with Gasteiger partial charge in [0.2, 0.25) is 9.84 Å². The van der Waals surface area contributed by atoms with Gasteiger partial charge < -0.3 is 0 Å². The Kier molecular flexibility index (Phi) is 14.7. The van der Waals surface area contributed by atoms with Gasteiger partial charge in [-0.3, -0.25) is 0 Å². The third-order valence-corrected chi connectivity index (χ3v) is 11.8. The minimum absolute atomic E-state index is 0.194. The van der Waals surface area contributed by atoms with Crippen molar-refractivity contribution in [3.63, 3.8) is 0 Å². The van der Waals surface area contributed by atoms with Crippen molar-refractivity contribution in [3.05, 3.63) is 147 Å². The molecule has 264 valence electrons. The number of hydrogen-bond acceptors (Lipinski definition) is 2. The minimum Gasteiger partial charge on any atom is -0.219 e. The summed E-state index contributed by atoms with van der Waals surface area (Å²) in [5.41, 5.74) is 9.99. The molecule has 0 fully saturated rings. The highest BCUT2D eigenvalue weighted by Crippen LogP contribution is 2.46. The molecule has 0 aromatic heterocycles. The quantitative estimate of drug-likeness (QED) is 0.195. The number of sulfone groups is 1. The van der Waals surface area contributed by atoms with Crippen LogP contribution in [-0.2, 0) is 9.84 Å². The lowest BCUT2D eigenvalue weighted by Crippen LogP contribution is -2.25. The van der Waals surface area contributed by atoms with E-state index in [0.29, 0.717) is 9.80 Å². The van der Waals surface area contributed by atoms with Gasteiger partial charge in [-0.25, -0.2) is 8.42 Å². The third-order valence-electron chi connectivity index (χ3n) is 10.0. The molecular formula is C46H62O2S. The molecule has 2 nitrogen and oxygen atoms in total. The molecule has 2 aliphatic carbocycles. The summed E-state index contributed by atoms with van der Waals surface area (Å²) < 4.78 is 28.0. The Morgan fingerprint density at radius 2 is 1.33 bits per heavy atom. The van der Waals surface area contributed by atoms with E-state index >= 15 is 0 Å². The van der Waals surface area contributed by atoms with E-state index in [0.717, 1.165) is 43.3 Å². The fourth-order valence-electron chi connectivity index (χ4n) is 7.17. The lowest BCUT2D eigenvalue weighted by molar-refractivity contribution is 0.374. The zero-order chi connectivity index (χ0) is 36.2. The van der Waals surface area contributed by atoms with Crippen molar-refractivity contribution in [2.45, 2.75) is 125 Å². The molecule has 0 heterocycles. The first-order valence-corrected chi connectivity index (χ1v) is 19.7. The Bertz CT molecular complexity index is 1740. The molecule has 0 saturated carbocycles. The second-order valence-electron chi connectivity index (χ2n) is 15.5. The first-order chi connectivity index (χ1) is 23.0. The van der Waals surface area contributed by atoms with E-state index in [1.165, 1.54) is 52.7 Å². The Morgan fingerprint density at radius 3 is 1.98 bits per heavy atom. The molecular weight excluding hydrogens is 617 g/mol. The summed E-state index contributed by atoms with van der Waals surface area (Å²) in [4.78, 5) is 0.811. The summed E-state index contributed by atoms with van der Waals surface area (Å²) in [5, 5.41) is 0. The summed E-state index contributed by atoms with van der Waals surface area (Å²) in [6, 6.07) is 8.87. The average molecular weight is 679 g/mol. The van der Waals surface area contributed by atoms with Crippen LogP contribution in [0.15, 0.2) is 152 Å². The van der Waals surface area contributed by atoms with Crippen LogP contribution in [0.1, 0.15) is 121 Å². The van der Waals surface area contributed by atoms with Crippen molar-refractivity contribution in [2.75, 3.05) is 0 Å². The highest BCUT2D eigenvalue weighted by Gasteiger charge is 2.36. The molecule has 0 saturated heterocycles. The van der Waals surface area contributed by atoms with Gasteiger partial charge in [-0.1, -0.05) is 140 Å². The number of benzene rings is 1. The van der Waals surface area contributed by atoms with E-state index in [9.17, 15) is 8.42 Å². The molecule has 0 aliphatic heterocycles. The van der Waals surface area contributed by atoms with Gasteiger partial charge in [-0.2, -0.15) is 0 Å². The Labute approximate surface area is 300 Å². The highest BCUT2D eigenvalue weighted by molar-refractivity contribution is 7.95. The summed E-state index contributed by atoms with van der Waals surface area (Å²) in [6.45, 7) is 21.9. The fraction of sp³-hybridized carbons (Fsp3) is 0.435. The summed E-state index contributed by atoms with van der Waals surface area (Å²) in [5.74, 6) is 0. The zero-order valence-corrected chi connectivity index (χ0v) is 32.9. The van der Waals surface area contributed by atoms with Crippen LogP contribution in [0.2, 0.25) is 0 Å². The normalized spacial score (nSPS) is 20.4. The molecule has 3 rings (SSSR count). The first kappa shape index (κ1) is 40.0. The van der Waals surface area contributed by atoms with Gasteiger partial charge >= 0.3 is 0 Å².